The summed E-state index contributed by atoms with van der Waals surface area (Å²) >= 11 is 0. The molecule has 1 rings (SSSR count). The molecule has 0 atom stereocenters. The Kier molecular flexibility index (Phi) is 7.94. The van der Waals surface area contributed by atoms with E-state index in [-0.39, 0.29) is 5.76 Å². The number of furan rings is 1. The van der Waals surface area contributed by atoms with Crippen LogP contribution in [-0.4, -0.2) is 44.6 Å². The summed E-state index contributed by atoms with van der Waals surface area (Å²) < 4.78 is 15.4. The Bertz CT molecular complexity index is 402. The van der Waals surface area contributed by atoms with Gasteiger partial charge in [-0.25, -0.2) is 4.79 Å². The number of rotatable bonds is 11. The minimum Gasteiger partial charge on any atom is -0.475 e. The van der Waals surface area contributed by atoms with Crippen molar-refractivity contribution < 1.29 is 23.8 Å². The molecule has 0 radical (unpaired) electrons. The van der Waals surface area contributed by atoms with E-state index in [4.69, 9.17) is 19.0 Å². The Hall–Kier alpha value is -1.37. The Morgan fingerprint density at radius 3 is 2.80 bits per heavy atom. The maximum Gasteiger partial charge on any atom is 0.371 e. The summed E-state index contributed by atoms with van der Waals surface area (Å²) in [6.07, 6.45) is 2.00. The molecule has 0 fully saturated rings. The minimum atomic E-state index is -1.03. The third-order valence-corrected chi connectivity index (χ3v) is 2.87. The van der Waals surface area contributed by atoms with Crippen molar-refractivity contribution in [2.45, 2.75) is 26.3 Å². The van der Waals surface area contributed by atoms with Crippen LogP contribution in [0.4, 0.5) is 0 Å². The normalized spacial score (nSPS) is 10.9. The number of hydrogen-bond acceptors (Lipinski definition) is 5. The number of carboxylic acid groups (broad SMARTS) is 1. The van der Waals surface area contributed by atoms with Crippen LogP contribution in [-0.2, 0) is 16.0 Å². The number of unbranched alkanes of at least 4 members (excludes halogenated alkanes) is 1. The number of aromatic carboxylic acids is 1. The zero-order valence-electron chi connectivity index (χ0n) is 12.1. The lowest BCUT2D eigenvalue weighted by molar-refractivity contribution is 0.0661. The third-order valence-electron chi connectivity index (χ3n) is 2.87. The molecular weight excluding hydrogens is 262 g/mol. The average Bonchev–Trinajstić information content (AvgIpc) is 2.79. The highest BCUT2D eigenvalue weighted by Crippen LogP contribution is 2.14. The van der Waals surface area contributed by atoms with Gasteiger partial charge in [-0.2, -0.15) is 0 Å². The second kappa shape index (κ2) is 9.52. The summed E-state index contributed by atoms with van der Waals surface area (Å²) in [6.45, 7) is 5.25. The fraction of sp³-hybridized carbons (Fsp3) is 0.643. The van der Waals surface area contributed by atoms with Crippen LogP contribution in [0.15, 0.2) is 10.5 Å². The number of ether oxygens (including phenoxy) is 2. The van der Waals surface area contributed by atoms with Crippen molar-refractivity contribution in [1.29, 1.82) is 0 Å². The van der Waals surface area contributed by atoms with Gasteiger partial charge in [-0.15, -0.1) is 0 Å². The molecule has 2 N–H and O–H groups in total. The SMILES string of the molecule is COCCOCCCCNCc1cc(C(=O)O)oc1C. The molecule has 1 heterocycles. The highest BCUT2D eigenvalue weighted by Gasteiger charge is 2.12. The van der Waals surface area contributed by atoms with Crippen LogP contribution in [0.5, 0.6) is 0 Å². The van der Waals surface area contributed by atoms with E-state index in [9.17, 15) is 4.79 Å². The average molecular weight is 285 g/mol. The first-order valence-corrected chi connectivity index (χ1v) is 6.75. The zero-order valence-corrected chi connectivity index (χ0v) is 12.1. The maximum atomic E-state index is 10.8. The number of aryl methyl sites for hydroxylation is 1. The van der Waals surface area contributed by atoms with Gasteiger partial charge in [0, 0.05) is 25.8 Å². The molecule has 1 aromatic heterocycles. The van der Waals surface area contributed by atoms with Crippen molar-refractivity contribution in [3.05, 3.63) is 23.2 Å². The quantitative estimate of drug-likeness (QED) is 0.604. The molecule has 114 valence electrons. The highest BCUT2D eigenvalue weighted by atomic mass is 16.5. The summed E-state index contributed by atoms with van der Waals surface area (Å²) in [5, 5.41) is 12.1. The lowest BCUT2D eigenvalue weighted by Gasteiger charge is -2.05. The Morgan fingerprint density at radius 2 is 2.15 bits per heavy atom. The topological polar surface area (TPSA) is 80.9 Å². The number of methoxy groups -OCH3 is 1. The summed E-state index contributed by atoms with van der Waals surface area (Å²) in [6, 6.07) is 1.57. The molecule has 0 amide bonds. The maximum absolute atomic E-state index is 10.8. The van der Waals surface area contributed by atoms with Crippen LogP contribution < -0.4 is 5.32 Å². The second-order valence-electron chi connectivity index (χ2n) is 4.49. The van der Waals surface area contributed by atoms with E-state index in [2.05, 4.69) is 5.32 Å². The van der Waals surface area contributed by atoms with Crippen LogP contribution in [0.25, 0.3) is 0 Å². The van der Waals surface area contributed by atoms with Gasteiger partial charge >= 0.3 is 5.97 Å². The van der Waals surface area contributed by atoms with Crippen LogP contribution >= 0.6 is 0 Å². The molecule has 0 unspecified atom stereocenters. The predicted octanol–water partition coefficient (Wildman–Crippen LogP) is 1.82. The van der Waals surface area contributed by atoms with Gasteiger partial charge in [0.15, 0.2) is 0 Å². The van der Waals surface area contributed by atoms with Gasteiger partial charge in [-0.1, -0.05) is 0 Å². The zero-order chi connectivity index (χ0) is 14.8. The van der Waals surface area contributed by atoms with E-state index in [0.717, 1.165) is 31.6 Å². The largest absolute Gasteiger partial charge is 0.475 e. The summed E-state index contributed by atoms with van der Waals surface area (Å²) in [7, 11) is 1.65. The highest BCUT2D eigenvalue weighted by molar-refractivity contribution is 5.84. The fourth-order valence-electron chi connectivity index (χ4n) is 1.72. The molecule has 0 saturated carbocycles. The number of carboxylic acids is 1. The Labute approximate surface area is 119 Å². The van der Waals surface area contributed by atoms with E-state index in [1.165, 1.54) is 0 Å². The second-order valence-corrected chi connectivity index (χ2v) is 4.49. The standard InChI is InChI=1S/C14H23NO5/c1-11-12(9-13(20-11)14(16)17)10-15-5-3-4-6-19-8-7-18-2/h9,15H,3-8,10H2,1-2H3,(H,16,17). The molecule has 0 aliphatic heterocycles. The summed E-state index contributed by atoms with van der Waals surface area (Å²) in [5.74, 6) is -0.392. The number of nitrogens with one attached hydrogen (secondary N) is 1. The number of hydrogen-bond donors (Lipinski definition) is 2. The Balaban J connectivity index is 2.08. The molecule has 0 aliphatic rings. The lowest BCUT2D eigenvalue weighted by Crippen LogP contribution is -2.15. The molecule has 0 spiro atoms. The van der Waals surface area contributed by atoms with E-state index in [1.807, 2.05) is 0 Å². The number of carbonyl (C=O) groups is 1. The van der Waals surface area contributed by atoms with Crippen molar-refractivity contribution >= 4 is 5.97 Å². The lowest BCUT2D eigenvalue weighted by atomic mass is 10.2. The van der Waals surface area contributed by atoms with Gasteiger partial charge < -0.3 is 24.3 Å². The molecular formula is C14H23NO5. The molecule has 6 heteroatoms. The van der Waals surface area contributed by atoms with E-state index in [1.54, 1.807) is 20.1 Å². The van der Waals surface area contributed by atoms with Gasteiger partial charge in [-0.05, 0) is 32.4 Å². The van der Waals surface area contributed by atoms with Crippen LogP contribution in [0.1, 0.15) is 34.7 Å². The van der Waals surface area contributed by atoms with Crippen LogP contribution in [0, 0.1) is 6.92 Å². The van der Waals surface area contributed by atoms with E-state index >= 15 is 0 Å². The monoisotopic (exact) mass is 285 g/mol. The van der Waals surface area contributed by atoms with Crippen molar-refractivity contribution in [1.82, 2.24) is 5.32 Å². The van der Waals surface area contributed by atoms with Gasteiger partial charge in [0.2, 0.25) is 5.76 Å². The molecule has 0 bridgehead atoms. The molecule has 0 saturated heterocycles. The molecule has 20 heavy (non-hydrogen) atoms. The fourth-order valence-corrected chi connectivity index (χ4v) is 1.72. The van der Waals surface area contributed by atoms with Gasteiger partial charge in [0.1, 0.15) is 5.76 Å². The molecule has 6 nitrogen and oxygen atoms in total. The van der Waals surface area contributed by atoms with Gasteiger partial charge in [-0.3, -0.25) is 0 Å². The minimum absolute atomic E-state index is 0.00848. The predicted molar refractivity (Wildman–Crippen MR) is 74.0 cm³/mol. The smallest absolute Gasteiger partial charge is 0.371 e. The summed E-state index contributed by atoms with van der Waals surface area (Å²) in [5.41, 5.74) is 0.888. The first-order chi connectivity index (χ1) is 9.65. The first kappa shape index (κ1) is 16.7. The van der Waals surface area contributed by atoms with E-state index < -0.39 is 5.97 Å². The molecule has 1 aromatic rings. The first-order valence-electron chi connectivity index (χ1n) is 6.75. The van der Waals surface area contributed by atoms with Crippen molar-refractivity contribution in [2.75, 3.05) is 33.5 Å². The van der Waals surface area contributed by atoms with Crippen molar-refractivity contribution in [3.63, 3.8) is 0 Å². The van der Waals surface area contributed by atoms with E-state index in [0.29, 0.717) is 25.5 Å². The van der Waals surface area contributed by atoms with Gasteiger partial charge in [0.05, 0.1) is 13.2 Å². The van der Waals surface area contributed by atoms with Crippen LogP contribution in [0.3, 0.4) is 0 Å². The van der Waals surface area contributed by atoms with Crippen LogP contribution in [0.2, 0.25) is 0 Å². The Morgan fingerprint density at radius 1 is 1.35 bits per heavy atom. The molecule has 0 aromatic carbocycles. The molecule has 0 aliphatic carbocycles. The third kappa shape index (κ3) is 6.18. The van der Waals surface area contributed by atoms with Gasteiger partial charge in [0.25, 0.3) is 0 Å². The van der Waals surface area contributed by atoms with Crippen molar-refractivity contribution in [2.24, 2.45) is 0 Å². The van der Waals surface area contributed by atoms with Crippen molar-refractivity contribution in [3.8, 4) is 0 Å². The summed E-state index contributed by atoms with van der Waals surface area (Å²) in [4.78, 5) is 10.8.